The van der Waals surface area contributed by atoms with Crippen LogP contribution in [0.2, 0.25) is 0 Å². The molecule has 0 aliphatic carbocycles. The van der Waals surface area contributed by atoms with Gasteiger partial charge in [0.05, 0.1) is 31.8 Å². The summed E-state index contributed by atoms with van der Waals surface area (Å²) in [7, 11) is 3.24. The lowest BCUT2D eigenvalue weighted by Crippen LogP contribution is -2.36. The van der Waals surface area contributed by atoms with E-state index in [1.54, 1.807) is 48.4 Å². The molecule has 0 unspecified atom stereocenters. The maximum atomic E-state index is 13.8. The number of carbonyl (C=O) groups is 1. The third kappa shape index (κ3) is 4.29. The lowest BCUT2D eigenvalue weighted by Gasteiger charge is -2.34. The molecule has 32 heavy (non-hydrogen) atoms. The predicted molar refractivity (Wildman–Crippen MR) is 110 cm³/mol. The van der Waals surface area contributed by atoms with Crippen molar-refractivity contribution in [2.45, 2.75) is 24.7 Å². The van der Waals surface area contributed by atoms with Crippen LogP contribution in [-0.4, -0.2) is 45.0 Å². The summed E-state index contributed by atoms with van der Waals surface area (Å²) in [5.74, 6) is -0.114. The molecule has 1 amide bonds. The number of halogens is 3. The fourth-order valence-corrected chi connectivity index (χ4v) is 3.52. The van der Waals surface area contributed by atoms with Crippen LogP contribution >= 0.6 is 0 Å². The zero-order chi connectivity index (χ0) is 22.9. The number of benzene rings is 1. The molecule has 2 atom stereocenters. The number of anilines is 1. The Kier molecular flexibility index (Phi) is 5.59. The Hall–Kier alpha value is -3.83. The Balaban J connectivity index is 1.60. The minimum Gasteiger partial charge on any atom is -0.497 e. The van der Waals surface area contributed by atoms with Crippen LogP contribution in [0, 0.1) is 0 Å². The van der Waals surface area contributed by atoms with E-state index in [1.165, 1.54) is 13.3 Å². The zero-order valence-electron chi connectivity index (χ0n) is 17.2. The largest absolute Gasteiger partial charge is 0.497 e. The summed E-state index contributed by atoms with van der Waals surface area (Å²) in [6, 6.07) is 4.16. The van der Waals surface area contributed by atoms with Gasteiger partial charge in [0.15, 0.2) is 6.04 Å². The predicted octanol–water partition coefficient (Wildman–Crippen LogP) is 3.05. The Bertz CT molecular complexity index is 1140. The van der Waals surface area contributed by atoms with E-state index in [4.69, 9.17) is 4.74 Å². The Labute approximate surface area is 180 Å². The van der Waals surface area contributed by atoms with Gasteiger partial charge in [-0.25, -0.2) is 10.1 Å². The maximum absolute atomic E-state index is 13.8. The second-order valence-electron chi connectivity index (χ2n) is 7.26. The fourth-order valence-electron chi connectivity index (χ4n) is 3.52. The molecule has 3 aromatic rings. The van der Waals surface area contributed by atoms with Gasteiger partial charge in [0.1, 0.15) is 17.1 Å². The van der Waals surface area contributed by atoms with Gasteiger partial charge < -0.3 is 10.1 Å². The van der Waals surface area contributed by atoms with E-state index in [0.717, 1.165) is 10.9 Å². The molecule has 0 spiro atoms. The quantitative estimate of drug-likeness (QED) is 0.463. The molecule has 4 rings (SSSR count). The molecule has 1 aliphatic heterocycles. The fraction of sp³-hybridized carbons (Fsp3) is 0.300. The standard InChI is InChI=1S/C20H20F3N7O2/c1-29-11-12(9-25-29)8-24-28-19(31)15-10-26-30-17(20(21,22)23)7-16(27-18(15)30)13-3-5-14(32-2)6-4-13/h3-6,8-11,16-17,27H,7H2,1-2H3,(H,28,31)/b24-8-/t16-,17+/m0/s1. The van der Waals surface area contributed by atoms with Crippen LogP contribution in [-0.2, 0) is 7.05 Å². The molecule has 0 fully saturated rings. The lowest BCUT2D eigenvalue weighted by atomic mass is 9.96. The Morgan fingerprint density at radius 1 is 1.28 bits per heavy atom. The van der Waals surface area contributed by atoms with E-state index < -0.39 is 24.2 Å². The van der Waals surface area contributed by atoms with Crippen molar-refractivity contribution in [3.63, 3.8) is 0 Å². The molecule has 0 saturated heterocycles. The third-order valence-corrected chi connectivity index (χ3v) is 5.11. The molecule has 12 heteroatoms. The number of nitrogens with zero attached hydrogens (tertiary/aromatic N) is 5. The summed E-state index contributed by atoms with van der Waals surface area (Å²) in [4.78, 5) is 12.6. The number of hydrogen-bond acceptors (Lipinski definition) is 6. The van der Waals surface area contributed by atoms with E-state index in [0.29, 0.717) is 16.9 Å². The molecule has 1 aromatic carbocycles. The number of nitrogens with one attached hydrogen (secondary N) is 2. The number of amides is 1. The molecular formula is C20H20F3N7O2. The number of hydrogen-bond donors (Lipinski definition) is 2. The van der Waals surface area contributed by atoms with Crippen LogP contribution in [0.25, 0.3) is 0 Å². The van der Waals surface area contributed by atoms with Crippen molar-refractivity contribution >= 4 is 17.9 Å². The highest BCUT2D eigenvalue weighted by Gasteiger charge is 2.47. The number of hydrazone groups is 1. The second-order valence-corrected chi connectivity index (χ2v) is 7.26. The topological polar surface area (TPSA) is 98.4 Å². The van der Waals surface area contributed by atoms with Crippen molar-refractivity contribution in [1.29, 1.82) is 0 Å². The van der Waals surface area contributed by atoms with E-state index in [2.05, 4.69) is 26.0 Å². The Morgan fingerprint density at radius 2 is 2.03 bits per heavy atom. The lowest BCUT2D eigenvalue weighted by molar-refractivity contribution is -0.173. The number of aromatic nitrogens is 4. The third-order valence-electron chi connectivity index (χ3n) is 5.11. The van der Waals surface area contributed by atoms with Crippen molar-refractivity contribution in [2.75, 3.05) is 12.4 Å². The molecular weight excluding hydrogens is 427 g/mol. The number of fused-ring (bicyclic) bond motifs is 1. The monoisotopic (exact) mass is 447 g/mol. The molecule has 168 valence electrons. The van der Waals surface area contributed by atoms with Gasteiger partial charge in [-0.05, 0) is 17.7 Å². The van der Waals surface area contributed by atoms with Crippen molar-refractivity contribution in [2.24, 2.45) is 12.1 Å². The highest BCUT2D eigenvalue weighted by atomic mass is 19.4. The highest BCUT2D eigenvalue weighted by molar-refractivity contribution is 5.99. The summed E-state index contributed by atoms with van der Waals surface area (Å²) < 4.78 is 48.9. The van der Waals surface area contributed by atoms with Crippen LogP contribution in [0.15, 0.2) is 48.0 Å². The van der Waals surface area contributed by atoms with Gasteiger partial charge in [0, 0.05) is 25.2 Å². The Morgan fingerprint density at radius 3 is 2.66 bits per heavy atom. The first-order valence-electron chi connectivity index (χ1n) is 9.63. The average molecular weight is 447 g/mol. The summed E-state index contributed by atoms with van der Waals surface area (Å²) in [5, 5.41) is 14.7. The van der Waals surface area contributed by atoms with Gasteiger partial charge in [-0.15, -0.1) is 0 Å². The summed E-state index contributed by atoms with van der Waals surface area (Å²) in [5.41, 5.74) is 3.56. The highest BCUT2D eigenvalue weighted by Crippen LogP contribution is 2.44. The van der Waals surface area contributed by atoms with E-state index in [1.807, 2.05) is 0 Å². The number of alkyl halides is 3. The van der Waals surface area contributed by atoms with Crippen LogP contribution < -0.4 is 15.5 Å². The smallest absolute Gasteiger partial charge is 0.410 e. The first-order chi connectivity index (χ1) is 15.3. The maximum Gasteiger partial charge on any atom is 0.410 e. The summed E-state index contributed by atoms with van der Waals surface area (Å²) in [6.07, 6.45) is 0.905. The van der Waals surface area contributed by atoms with Gasteiger partial charge in [0.25, 0.3) is 5.91 Å². The van der Waals surface area contributed by atoms with E-state index in [9.17, 15) is 18.0 Å². The molecule has 1 aliphatic rings. The second kappa shape index (κ2) is 8.36. The van der Waals surface area contributed by atoms with Crippen molar-refractivity contribution < 1.29 is 22.7 Å². The van der Waals surface area contributed by atoms with Gasteiger partial charge in [0.2, 0.25) is 0 Å². The minimum absolute atomic E-state index is 0.0199. The van der Waals surface area contributed by atoms with Gasteiger partial charge >= 0.3 is 6.18 Å². The average Bonchev–Trinajstić information content (AvgIpc) is 3.38. The molecule has 9 nitrogen and oxygen atoms in total. The van der Waals surface area contributed by atoms with Crippen LogP contribution in [0.3, 0.4) is 0 Å². The molecule has 0 radical (unpaired) electrons. The molecule has 2 aromatic heterocycles. The number of carbonyl (C=O) groups excluding carboxylic acids is 1. The molecule has 2 N–H and O–H groups in total. The normalized spacial score (nSPS) is 18.3. The molecule has 0 bridgehead atoms. The van der Waals surface area contributed by atoms with E-state index in [-0.39, 0.29) is 17.8 Å². The van der Waals surface area contributed by atoms with Crippen LogP contribution in [0.5, 0.6) is 5.75 Å². The number of methoxy groups -OCH3 is 1. The van der Waals surface area contributed by atoms with E-state index >= 15 is 0 Å². The first kappa shape index (κ1) is 21.4. The van der Waals surface area contributed by atoms with Crippen LogP contribution in [0.4, 0.5) is 19.0 Å². The minimum atomic E-state index is -4.54. The van der Waals surface area contributed by atoms with Crippen molar-refractivity contribution in [1.82, 2.24) is 25.0 Å². The SMILES string of the molecule is COc1ccc([C@@H]2C[C@H](C(F)(F)F)n3ncc(C(=O)N/N=C\c4cnn(C)c4)c3N2)cc1. The van der Waals surface area contributed by atoms with Gasteiger partial charge in [-0.3, -0.25) is 9.48 Å². The molecule has 0 saturated carbocycles. The first-order valence-corrected chi connectivity index (χ1v) is 9.63. The number of rotatable bonds is 5. The van der Waals surface area contributed by atoms with Gasteiger partial charge in [-0.2, -0.15) is 28.5 Å². The van der Waals surface area contributed by atoms with Crippen molar-refractivity contribution in [3.05, 3.63) is 59.5 Å². The molecule has 3 heterocycles. The van der Waals surface area contributed by atoms with Gasteiger partial charge in [-0.1, -0.05) is 12.1 Å². The van der Waals surface area contributed by atoms with Crippen LogP contribution in [0.1, 0.15) is 40.0 Å². The number of ether oxygens (including phenoxy) is 1. The van der Waals surface area contributed by atoms with Crippen molar-refractivity contribution in [3.8, 4) is 5.75 Å². The number of aryl methyl sites for hydroxylation is 1. The summed E-state index contributed by atoms with van der Waals surface area (Å²) >= 11 is 0. The zero-order valence-corrected chi connectivity index (χ0v) is 17.2. The summed E-state index contributed by atoms with van der Waals surface area (Å²) in [6.45, 7) is 0.